The van der Waals surface area contributed by atoms with E-state index < -0.39 is 0 Å². The van der Waals surface area contributed by atoms with Crippen molar-refractivity contribution in [3.8, 4) is 0 Å². The Labute approximate surface area is 111 Å². The summed E-state index contributed by atoms with van der Waals surface area (Å²) in [5, 5.41) is 2.11. The highest BCUT2D eigenvalue weighted by Gasteiger charge is 2.18. The van der Waals surface area contributed by atoms with Crippen molar-refractivity contribution in [3.63, 3.8) is 0 Å². The zero-order valence-corrected chi connectivity index (χ0v) is 11.3. The standard InChI is InChI=1S/C12H17ClN2OS/c13-9-12(16)15-5-2-4-14(6-7-15)10-11-3-1-8-17-11/h1,3,8H,2,4-7,9-10H2. The van der Waals surface area contributed by atoms with Gasteiger partial charge in [0.1, 0.15) is 5.88 Å². The molecule has 0 atom stereocenters. The quantitative estimate of drug-likeness (QED) is 0.786. The maximum atomic E-state index is 11.5. The number of hydrogen-bond donors (Lipinski definition) is 0. The van der Waals surface area contributed by atoms with Crippen molar-refractivity contribution in [1.29, 1.82) is 0 Å². The van der Waals surface area contributed by atoms with E-state index in [0.717, 1.165) is 39.1 Å². The minimum absolute atomic E-state index is 0.0599. The van der Waals surface area contributed by atoms with Gasteiger partial charge in [0.2, 0.25) is 5.91 Å². The molecule has 0 spiro atoms. The predicted molar refractivity (Wildman–Crippen MR) is 71.5 cm³/mol. The highest BCUT2D eigenvalue weighted by molar-refractivity contribution is 7.09. The van der Waals surface area contributed by atoms with Crippen molar-refractivity contribution in [2.75, 3.05) is 32.1 Å². The van der Waals surface area contributed by atoms with E-state index in [2.05, 4.69) is 22.4 Å². The van der Waals surface area contributed by atoms with Gasteiger partial charge in [-0.25, -0.2) is 0 Å². The fourth-order valence-electron chi connectivity index (χ4n) is 2.09. The molecule has 0 saturated carbocycles. The molecule has 0 radical (unpaired) electrons. The van der Waals surface area contributed by atoms with Crippen molar-refractivity contribution in [2.45, 2.75) is 13.0 Å². The zero-order chi connectivity index (χ0) is 12.1. The van der Waals surface area contributed by atoms with Crippen molar-refractivity contribution >= 4 is 28.8 Å². The van der Waals surface area contributed by atoms with E-state index in [1.54, 1.807) is 11.3 Å². The van der Waals surface area contributed by atoms with Crippen LogP contribution in [0.25, 0.3) is 0 Å². The minimum atomic E-state index is 0.0599. The lowest BCUT2D eigenvalue weighted by molar-refractivity contribution is -0.128. The van der Waals surface area contributed by atoms with Crippen LogP contribution in [0.5, 0.6) is 0 Å². The zero-order valence-electron chi connectivity index (χ0n) is 9.77. The average molecular weight is 273 g/mol. The Morgan fingerprint density at radius 1 is 1.35 bits per heavy atom. The number of halogens is 1. The van der Waals surface area contributed by atoms with Crippen molar-refractivity contribution in [3.05, 3.63) is 22.4 Å². The number of thiophene rings is 1. The van der Waals surface area contributed by atoms with Gasteiger partial charge in [-0.3, -0.25) is 9.69 Å². The van der Waals surface area contributed by atoms with Crippen molar-refractivity contribution < 1.29 is 4.79 Å². The molecule has 1 aliphatic heterocycles. The van der Waals surface area contributed by atoms with Crippen LogP contribution in [0, 0.1) is 0 Å². The van der Waals surface area contributed by atoms with E-state index >= 15 is 0 Å². The molecule has 0 aliphatic carbocycles. The summed E-state index contributed by atoms with van der Waals surface area (Å²) >= 11 is 7.38. The summed E-state index contributed by atoms with van der Waals surface area (Å²) in [7, 11) is 0. The Morgan fingerprint density at radius 3 is 2.94 bits per heavy atom. The molecule has 1 saturated heterocycles. The smallest absolute Gasteiger partial charge is 0.237 e. The van der Waals surface area contributed by atoms with Crippen LogP contribution >= 0.6 is 22.9 Å². The van der Waals surface area contributed by atoms with Gasteiger partial charge in [0.25, 0.3) is 0 Å². The van der Waals surface area contributed by atoms with Gasteiger partial charge < -0.3 is 4.90 Å². The van der Waals surface area contributed by atoms with Crippen molar-refractivity contribution in [1.82, 2.24) is 9.80 Å². The molecule has 94 valence electrons. The Balaban J connectivity index is 1.85. The lowest BCUT2D eigenvalue weighted by Crippen LogP contribution is -2.35. The van der Waals surface area contributed by atoms with Gasteiger partial charge in [0, 0.05) is 37.6 Å². The summed E-state index contributed by atoms with van der Waals surface area (Å²) in [4.78, 5) is 17.2. The molecular formula is C12H17ClN2OS. The van der Waals surface area contributed by atoms with E-state index in [9.17, 15) is 4.79 Å². The summed E-state index contributed by atoms with van der Waals surface area (Å²) in [6.07, 6.45) is 1.04. The van der Waals surface area contributed by atoms with Gasteiger partial charge in [-0.05, 0) is 17.9 Å². The van der Waals surface area contributed by atoms with E-state index in [-0.39, 0.29) is 11.8 Å². The van der Waals surface area contributed by atoms with Crippen molar-refractivity contribution in [2.24, 2.45) is 0 Å². The molecule has 17 heavy (non-hydrogen) atoms. The van der Waals surface area contributed by atoms with E-state index in [1.807, 2.05) is 4.90 Å². The first-order chi connectivity index (χ1) is 8.29. The second kappa shape index (κ2) is 6.38. The number of hydrogen-bond acceptors (Lipinski definition) is 3. The normalized spacial score (nSPS) is 18.1. The molecule has 0 bridgehead atoms. The van der Waals surface area contributed by atoms with Gasteiger partial charge in [0.05, 0.1) is 0 Å². The summed E-state index contributed by atoms with van der Waals surface area (Å²) in [6, 6.07) is 4.25. The lowest BCUT2D eigenvalue weighted by Gasteiger charge is -2.20. The van der Waals surface area contributed by atoms with E-state index in [0.29, 0.717) is 0 Å². The minimum Gasteiger partial charge on any atom is -0.340 e. The molecular weight excluding hydrogens is 256 g/mol. The molecule has 0 unspecified atom stereocenters. The number of carbonyl (C=O) groups excluding carboxylic acids is 1. The second-order valence-corrected chi connectivity index (χ2v) is 5.52. The number of carbonyl (C=O) groups is 1. The topological polar surface area (TPSA) is 23.6 Å². The van der Waals surface area contributed by atoms with Crippen LogP contribution in [0.2, 0.25) is 0 Å². The summed E-state index contributed by atoms with van der Waals surface area (Å²) in [6.45, 7) is 4.65. The van der Waals surface area contributed by atoms with Crippen LogP contribution in [0.4, 0.5) is 0 Å². The third kappa shape index (κ3) is 3.69. The first kappa shape index (κ1) is 12.9. The molecule has 2 rings (SSSR count). The molecule has 1 aromatic heterocycles. The summed E-state index contributed by atoms with van der Waals surface area (Å²) in [5.74, 6) is 0.162. The van der Waals surface area contributed by atoms with Gasteiger partial charge in [-0.1, -0.05) is 6.07 Å². The van der Waals surface area contributed by atoms with Crippen LogP contribution in [0.15, 0.2) is 17.5 Å². The van der Waals surface area contributed by atoms with Crippen LogP contribution in [0.3, 0.4) is 0 Å². The monoisotopic (exact) mass is 272 g/mol. The molecule has 1 aromatic rings. The Kier molecular flexibility index (Phi) is 4.83. The lowest BCUT2D eigenvalue weighted by atomic mass is 10.3. The molecule has 0 N–H and O–H groups in total. The highest BCUT2D eigenvalue weighted by atomic mass is 35.5. The summed E-state index contributed by atoms with van der Waals surface area (Å²) < 4.78 is 0. The number of nitrogens with zero attached hydrogens (tertiary/aromatic N) is 2. The van der Waals surface area contributed by atoms with Crippen LogP contribution in [0.1, 0.15) is 11.3 Å². The van der Waals surface area contributed by atoms with E-state index in [4.69, 9.17) is 11.6 Å². The van der Waals surface area contributed by atoms with Gasteiger partial charge in [0.15, 0.2) is 0 Å². The van der Waals surface area contributed by atoms with E-state index in [1.165, 1.54) is 4.88 Å². The molecule has 1 fully saturated rings. The maximum Gasteiger partial charge on any atom is 0.237 e. The molecule has 1 aliphatic rings. The second-order valence-electron chi connectivity index (χ2n) is 4.22. The number of rotatable bonds is 3. The Morgan fingerprint density at radius 2 is 2.24 bits per heavy atom. The molecule has 3 nitrogen and oxygen atoms in total. The Hall–Kier alpha value is -0.580. The first-order valence-corrected chi connectivity index (χ1v) is 7.29. The van der Waals surface area contributed by atoms with Crippen LogP contribution in [-0.2, 0) is 11.3 Å². The third-order valence-electron chi connectivity index (χ3n) is 3.02. The predicted octanol–water partition coefficient (Wildman–Crippen LogP) is 2.02. The first-order valence-electron chi connectivity index (χ1n) is 5.88. The highest BCUT2D eigenvalue weighted by Crippen LogP contribution is 2.13. The van der Waals surface area contributed by atoms with Gasteiger partial charge in [-0.2, -0.15) is 0 Å². The molecule has 2 heterocycles. The third-order valence-corrected chi connectivity index (χ3v) is 4.10. The largest absolute Gasteiger partial charge is 0.340 e. The molecule has 1 amide bonds. The summed E-state index contributed by atoms with van der Waals surface area (Å²) in [5.41, 5.74) is 0. The fraction of sp³-hybridized carbons (Fsp3) is 0.583. The van der Waals surface area contributed by atoms with Gasteiger partial charge in [-0.15, -0.1) is 22.9 Å². The molecule has 0 aromatic carbocycles. The fourth-order valence-corrected chi connectivity index (χ4v) is 3.00. The Bertz CT molecular complexity index is 355. The molecule has 5 heteroatoms. The van der Waals surface area contributed by atoms with Crippen LogP contribution < -0.4 is 0 Å². The maximum absolute atomic E-state index is 11.5. The number of alkyl halides is 1. The average Bonchev–Trinajstić information content (AvgIpc) is 2.73. The SMILES string of the molecule is O=C(CCl)N1CCCN(Cc2cccs2)CC1. The van der Waals surface area contributed by atoms with Crippen LogP contribution in [-0.4, -0.2) is 47.8 Å². The number of amides is 1. The van der Waals surface area contributed by atoms with Gasteiger partial charge >= 0.3 is 0 Å².